The van der Waals surface area contributed by atoms with Gasteiger partial charge in [0.05, 0.1) is 11.6 Å². The van der Waals surface area contributed by atoms with Crippen molar-refractivity contribution in [1.82, 2.24) is 15.2 Å². The predicted octanol–water partition coefficient (Wildman–Crippen LogP) is 2.17. The first-order valence-electron chi connectivity index (χ1n) is 9.16. The molecule has 1 fully saturated rings. The van der Waals surface area contributed by atoms with E-state index in [1.54, 1.807) is 23.2 Å². The molecule has 1 aliphatic heterocycles. The summed E-state index contributed by atoms with van der Waals surface area (Å²) in [6, 6.07) is 5.03. The number of nitrogens with one attached hydrogen (secondary N) is 1. The minimum Gasteiger partial charge on any atom is -0.352 e. The van der Waals surface area contributed by atoms with Gasteiger partial charge in [0, 0.05) is 37.1 Å². The summed E-state index contributed by atoms with van der Waals surface area (Å²) >= 11 is 0. The SMILES string of the molecule is N[C@@H](CNC(=O)[C@@H]1CCCCN1C(=O)c1cccnc1)c1ccc(F)cc1F. The molecule has 1 saturated heterocycles. The molecular formula is C20H22F2N4O2. The van der Waals surface area contributed by atoms with Crippen molar-refractivity contribution < 1.29 is 18.4 Å². The number of carbonyl (C=O) groups excluding carboxylic acids is 2. The van der Waals surface area contributed by atoms with E-state index < -0.39 is 23.7 Å². The average Bonchev–Trinajstić information content (AvgIpc) is 2.72. The second-order valence-corrected chi connectivity index (χ2v) is 6.77. The van der Waals surface area contributed by atoms with E-state index in [4.69, 9.17) is 5.73 Å². The standard InChI is InChI=1S/C20H22F2N4O2/c21-14-6-7-15(16(22)10-14)17(23)12-25-19(27)18-5-1-2-9-26(18)20(28)13-4-3-8-24-11-13/h3-4,6-8,10-11,17-18H,1-2,5,9,12,23H2,(H,25,27)/t17-,18-/m0/s1. The molecule has 3 rings (SSSR count). The van der Waals surface area contributed by atoms with E-state index in [2.05, 4.69) is 10.3 Å². The van der Waals surface area contributed by atoms with Crippen molar-refractivity contribution in [2.45, 2.75) is 31.3 Å². The number of nitrogens with two attached hydrogens (primary N) is 1. The average molecular weight is 388 g/mol. The van der Waals surface area contributed by atoms with Gasteiger partial charge in [-0.15, -0.1) is 0 Å². The lowest BCUT2D eigenvalue weighted by atomic mass is 10.00. The molecule has 0 aliphatic carbocycles. The summed E-state index contributed by atoms with van der Waals surface area (Å²) in [7, 11) is 0. The molecule has 0 spiro atoms. The molecule has 1 aromatic carbocycles. The highest BCUT2D eigenvalue weighted by Crippen LogP contribution is 2.20. The number of hydrogen-bond acceptors (Lipinski definition) is 4. The van der Waals surface area contributed by atoms with E-state index in [0.717, 1.165) is 25.0 Å². The summed E-state index contributed by atoms with van der Waals surface area (Å²) < 4.78 is 26.9. The minimum atomic E-state index is -0.824. The summed E-state index contributed by atoms with van der Waals surface area (Å²) in [5, 5.41) is 2.69. The van der Waals surface area contributed by atoms with Crippen molar-refractivity contribution in [3.63, 3.8) is 0 Å². The molecule has 3 N–H and O–H groups in total. The van der Waals surface area contributed by atoms with Gasteiger partial charge in [-0.3, -0.25) is 14.6 Å². The number of benzene rings is 1. The number of amides is 2. The maximum Gasteiger partial charge on any atom is 0.256 e. The third kappa shape index (κ3) is 4.51. The molecule has 2 amide bonds. The van der Waals surface area contributed by atoms with Gasteiger partial charge in [-0.05, 0) is 37.5 Å². The summed E-state index contributed by atoms with van der Waals surface area (Å²) in [6.45, 7) is 0.456. The molecule has 2 aromatic rings. The number of pyridine rings is 1. The van der Waals surface area contributed by atoms with Crippen molar-refractivity contribution in [3.8, 4) is 0 Å². The molecule has 28 heavy (non-hydrogen) atoms. The van der Waals surface area contributed by atoms with Crippen LogP contribution in [0, 0.1) is 11.6 Å². The Morgan fingerprint density at radius 2 is 2.11 bits per heavy atom. The van der Waals surface area contributed by atoms with Crippen LogP contribution in [0.1, 0.15) is 41.2 Å². The molecule has 2 atom stereocenters. The zero-order chi connectivity index (χ0) is 20.1. The molecule has 6 nitrogen and oxygen atoms in total. The highest BCUT2D eigenvalue weighted by Gasteiger charge is 2.32. The largest absolute Gasteiger partial charge is 0.352 e. The van der Waals surface area contributed by atoms with Crippen LogP contribution in [0.3, 0.4) is 0 Å². The number of halogens is 2. The molecule has 148 valence electrons. The van der Waals surface area contributed by atoms with E-state index in [0.29, 0.717) is 18.5 Å². The second kappa shape index (κ2) is 8.88. The number of piperidine rings is 1. The Morgan fingerprint density at radius 1 is 1.29 bits per heavy atom. The second-order valence-electron chi connectivity index (χ2n) is 6.77. The minimum absolute atomic E-state index is 0.0210. The number of nitrogens with zero attached hydrogens (tertiary/aromatic N) is 2. The van der Waals surface area contributed by atoms with E-state index >= 15 is 0 Å². The van der Waals surface area contributed by atoms with Crippen molar-refractivity contribution in [2.75, 3.05) is 13.1 Å². The van der Waals surface area contributed by atoms with E-state index in [1.165, 1.54) is 12.3 Å². The number of aromatic nitrogens is 1. The Hall–Kier alpha value is -2.87. The predicted molar refractivity (Wildman–Crippen MR) is 99.2 cm³/mol. The summed E-state index contributed by atoms with van der Waals surface area (Å²) in [4.78, 5) is 30.9. The van der Waals surface area contributed by atoms with Gasteiger partial charge in [-0.1, -0.05) is 6.07 Å². The lowest BCUT2D eigenvalue weighted by Gasteiger charge is -2.35. The highest BCUT2D eigenvalue weighted by molar-refractivity contribution is 5.97. The van der Waals surface area contributed by atoms with Gasteiger partial charge in [0.2, 0.25) is 5.91 Å². The van der Waals surface area contributed by atoms with E-state index in [1.807, 2.05) is 0 Å². The first kappa shape index (κ1) is 19.9. The molecule has 8 heteroatoms. The van der Waals surface area contributed by atoms with Gasteiger partial charge in [0.25, 0.3) is 5.91 Å². The topological polar surface area (TPSA) is 88.3 Å². The zero-order valence-corrected chi connectivity index (χ0v) is 15.3. The summed E-state index contributed by atoms with van der Waals surface area (Å²) in [5.74, 6) is -2.03. The fourth-order valence-electron chi connectivity index (χ4n) is 3.34. The number of rotatable bonds is 5. The van der Waals surface area contributed by atoms with Crippen LogP contribution in [0.25, 0.3) is 0 Å². The van der Waals surface area contributed by atoms with Crippen molar-refractivity contribution >= 4 is 11.8 Å². The maximum absolute atomic E-state index is 13.8. The number of carbonyl (C=O) groups is 2. The Kier molecular flexibility index (Phi) is 6.30. The van der Waals surface area contributed by atoms with Crippen LogP contribution in [0.5, 0.6) is 0 Å². The maximum atomic E-state index is 13.8. The van der Waals surface area contributed by atoms with Gasteiger partial charge >= 0.3 is 0 Å². The summed E-state index contributed by atoms with van der Waals surface area (Å²) in [5.41, 5.74) is 6.49. The van der Waals surface area contributed by atoms with Crippen LogP contribution < -0.4 is 11.1 Å². The van der Waals surface area contributed by atoms with Crippen molar-refractivity contribution in [3.05, 3.63) is 65.5 Å². The quantitative estimate of drug-likeness (QED) is 0.822. The third-order valence-corrected chi connectivity index (χ3v) is 4.83. The zero-order valence-electron chi connectivity index (χ0n) is 15.3. The van der Waals surface area contributed by atoms with Crippen LogP contribution >= 0.6 is 0 Å². The number of likely N-dealkylation sites (tertiary alicyclic amines) is 1. The monoisotopic (exact) mass is 388 g/mol. The molecule has 0 bridgehead atoms. The van der Waals surface area contributed by atoms with E-state index in [9.17, 15) is 18.4 Å². The van der Waals surface area contributed by atoms with Gasteiger partial charge in [0.15, 0.2) is 0 Å². The van der Waals surface area contributed by atoms with Gasteiger partial charge < -0.3 is 16.0 Å². The molecule has 0 radical (unpaired) electrons. The molecule has 0 saturated carbocycles. The Morgan fingerprint density at radius 3 is 2.82 bits per heavy atom. The molecule has 1 aliphatic rings. The molecular weight excluding hydrogens is 366 g/mol. The lowest BCUT2D eigenvalue weighted by Crippen LogP contribution is -2.52. The van der Waals surface area contributed by atoms with Crippen LogP contribution in [0.4, 0.5) is 8.78 Å². The molecule has 0 unspecified atom stereocenters. The van der Waals surface area contributed by atoms with Gasteiger partial charge in [-0.25, -0.2) is 8.78 Å². The molecule has 2 heterocycles. The first-order chi connectivity index (χ1) is 13.5. The Labute approximate surface area is 161 Å². The number of hydrogen-bond donors (Lipinski definition) is 2. The van der Waals surface area contributed by atoms with Crippen LogP contribution in [-0.4, -0.2) is 40.8 Å². The van der Waals surface area contributed by atoms with Gasteiger partial charge in [0.1, 0.15) is 17.7 Å². The van der Waals surface area contributed by atoms with Crippen LogP contribution in [0.2, 0.25) is 0 Å². The third-order valence-electron chi connectivity index (χ3n) is 4.83. The van der Waals surface area contributed by atoms with Crippen molar-refractivity contribution in [1.29, 1.82) is 0 Å². The lowest BCUT2D eigenvalue weighted by molar-refractivity contribution is -0.126. The Bertz CT molecular complexity index is 847. The smallest absolute Gasteiger partial charge is 0.256 e. The normalized spacial score (nSPS) is 17.8. The fraction of sp³-hybridized carbons (Fsp3) is 0.350. The Balaban J connectivity index is 1.65. The van der Waals surface area contributed by atoms with Gasteiger partial charge in [-0.2, -0.15) is 0 Å². The summed E-state index contributed by atoms with van der Waals surface area (Å²) in [6.07, 6.45) is 5.23. The highest BCUT2D eigenvalue weighted by atomic mass is 19.1. The first-order valence-corrected chi connectivity index (χ1v) is 9.16. The van der Waals surface area contributed by atoms with Crippen LogP contribution in [-0.2, 0) is 4.79 Å². The van der Waals surface area contributed by atoms with Crippen LogP contribution in [0.15, 0.2) is 42.7 Å². The van der Waals surface area contributed by atoms with E-state index in [-0.39, 0.29) is 23.9 Å². The molecule has 1 aromatic heterocycles. The van der Waals surface area contributed by atoms with Crippen molar-refractivity contribution in [2.24, 2.45) is 5.73 Å². The fourth-order valence-corrected chi connectivity index (χ4v) is 3.34.